The third-order valence-corrected chi connectivity index (χ3v) is 2.40. The Morgan fingerprint density at radius 3 is 2.30 bits per heavy atom. The molecule has 2 unspecified atom stereocenters. The highest BCUT2D eigenvalue weighted by molar-refractivity contribution is 5.16. The van der Waals surface area contributed by atoms with E-state index in [0.29, 0.717) is 11.8 Å². The fourth-order valence-electron chi connectivity index (χ4n) is 1.66. The molecule has 0 aromatic rings. The van der Waals surface area contributed by atoms with E-state index in [-0.39, 0.29) is 5.54 Å². The van der Waals surface area contributed by atoms with Crippen molar-refractivity contribution in [2.24, 2.45) is 11.8 Å². The maximum Gasteiger partial charge on any atom is 0.236 e. The summed E-state index contributed by atoms with van der Waals surface area (Å²) in [5.41, 5.74) is 0.0637. The van der Waals surface area contributed by atoms with Crippen molar-refractivity contribution < 1.29 is 0 Å². The summed E-state index contributed by atoms with van der Waals surface area (Å²) in [6.07, 6.45) is 2.23. The molecule has 0 N–H and O–H groups in total. The lowest BCUT2D eigenvalue weighted by Crippen LogP contribution is -2.08. The minimum Gasteiger partial charge on any atom is -0.310 e. The summed E-state index contributed by atoms with van der Waals surface area (Å²) in [6, 6.07) is 0. The lowest BCUT2D eigenvalue weighted by atomic mass is 10.0. The zero-order valence-electron chi connectivity index (χ0n) is 7.02. The van der Waals surface area contributed by atoms with E-state index in [1.807, 2.05) is 0 Å². The maximum absolute atomic E-state index is 7.02. The van der Waals surface area contributed by atoms with Gasteiger partial charge in [-0.25, -0.2) is 6.57 Å². The van der Waals surface area contributed by atoms with Gasteiger partial charge in [0.05, 0.1) is 0 Å². The number of nitrogens with zero attached hydrogens (tertiary/aromatic N) is 1. The number of hydrogen-bond donors (Lipinski definition) is 0. The van der Waals surface area contributed by atoms with Gasteiger partial charge >= 0.3 is 0 Å². The van der Waals surface area contributed by atoms with Crippen LogP contribution in [-0.4, -0.2) is 5.54 Å². The number of rotatable bonds is 2. The molecule has 1 nitrogen and oxygen atoms in total. The minimum absolute atomic E-state index is 0.0637. The molecule has 56 valence electrons. The van der Waals surface area contributed by atoms with Crippen LogP contribution in [0.5, 0.6) is 0 Å². The predicted octanol–water partition coefficient (Wildman–Crippen LogP) is 2.73. The highest BCUT2D eigenvalue weighted by Crippen LogP contribution is 2.50. The van der Waals surface area contributed by atoms with E-state index in [2.05, 4.69) is 25.6 Å². The van der Waals surface area contributed by atoms with Crippen molar-refractivity contribution in [1.82, 2.24) is 0 Å². The Bertz CT molecular complexity index is 166. The first-order valence-electron chi connectivity index (χ1n) is 3.99. The first-order valence-corrected chi connectivity index (χ1v) is 3.99. The second-order valence-electron chi connectivity index (χ2n) is 3.92. The van der Waals surface area contributed by atoms with Crippen molar-refractivity contribution in [1.29, 1.82) is 0 Å². The molecular weight excluding hydrogens is 122 g/mol. The molecule has 0 saturated heterocycles. The summed E-state index contributed by atoms with van der Waals surface area (Å²) in [7, 11) is 0. The standard InChI is InChI=1S/C9H15N/c1-7(2)5-9(10-4)6-8(9)3/h7-8H,5-6H2,1-3H3. The van der Waals surface area contributed by atoms with Gasteiger partial charge in [0.25, 0.3) is 0 Å². The van der Waals surface area contributed by atoms with Gasteiger partial charge in [0.2, 0.25) is 5.54 Å². The van der Waals surface area contributed by atoms with E-state index in [9.17, 15) is 0 Å². The van der Waals surface area contributed by atoms with E-state index < -0.39 is 0 Å². The Hall–Kier alpha value is -0.510. The summed E-state index contributed by atoms with van der Waals surface area (Å²) in [5.74, 6) is 1.34. The van der Waals surface area contributed by atoms with Gasteiger partial charge in [-0.05, 0) is 5.92 Å². The molecule has 0 aromatic heterocycles. The normalized spacial score (nSPS) is 37.7. The van der Waals surface area contributed by atoms with Crippen LogP contribution in [0.15, 0.2) is 0 Å². The maximum atomic E-state index is 7.02. The van der Waals surface area contributed by atoms with Gasteiger partial charge in [-0.1, -0.05) is 20.8 Å². The zero-order chi connectivity index (χ0) is 7.78. The van der Waals surface area contributed by atoms with E-state index in [1.54, 1.807) is 0 Å². The smallest absolute Gasteiger partial charge is 0.236 e. The van der Waals surface area contributed by atoms with Crippen LogP contribution in [0, 0.1) is 18.4 Å². The molecule has 0 aliphatic heterocycles. The Morgan fingerprint density at radius 2 is 2.20 bits per heavy atom. The molecule has 0 amide bonds. The van der Waals surface area contributed by atoms with Crippen molar-refractivity contribution in [3.8, 4) is 0 Å². The highest BCUT2D eigenvalue weighted by Gasteiger charge is 2.58. The summed E-state index contributed by atoms with van der Waals surface area (Å²) in [4.78, 5) is 3.70. The predicted molar refractivity (Wildman–Crippen MR) is 42.6 cm³/mol. The van der Waals surface area contributed by atoms with Gasteiger partial charge in [-0.3, -0.25) is 0 Å². The molecule has 1 heteroatoms. The molecule has 1 saturated carbocycles. The van der Waals surface area contributed by atoms with Crippen molar-refractivity contribution in [2.45, 2.75) is 39.2 Å². The van der Waals surface area contributed by atoms with Gasteiger partial charge in [0, 0.05) is 18.8 Å². The van der Waals surface area contributed by atoms with Crippen molar-refractivity contribution >= 4 is 0 Å². The van der Waals surface area contributed by atoms with Crippen LogP contribution in [0.1, 0.15) is 33.6 Å². The van der Waals surface area contributed by atoms with Crippen LogP contribution in [0.2, 0.25) is 0 Å². The van der Waals surface area contributed by atoms with Crippen LogP contribution < -0.4 is 0 Å². The van der Waals surface area contributed by atoms with E-state index in [1.165, 1.54) is 0 Å². The quantitative estimate of drug-likeness (QED) is 0.515. The monoisotopic (exact) mass is 137 g/mol. The Balaban J connectivity index is 2.47. The minimum atomic E-state index is 0.0637. The summed E-state index contributed by atoms with van der Waals surface area (Å²) < 4.78 is 0. The molecule has 1 fully saturated rings. The zero-order valence-corrected chi connectivity index (χ0v) is 7.02. The molecule has 0 spiro atoms. The molecule has 0 radical (unpaired) electrons. The average molecular weight is 137 g/mol. The topological polar surface area (TPSA) is 4.36 Å². The average Bonchev–Trinajstić information content (AvgIpc) is 2.42. The second-order valence-corrected chi connectivity index (χ2v) is 3.92. The Labute approximate surface area is 63.3 Å². The molecule has 2 atom stereocenters. The first kappa shape index (κ1) is 7.60. The third kappa shape index (κ3) is 1.16. The summed E-state index contributed by atoms with van der Waals surface area (Å²) in [6.45, 7) is 13.6. The van der Waals surface area contributed by atoms with Crippen molar-refractivity contribution in [2.75, 3.05) is 0 Å². The molecule has 1 aliphatic rings. The van der Waals surface area contributed by atoms with Crippen molar-refractivity contribution in [3.63, 3.8) is 0 Å². The first-order chi connectivity index (χ1) is 4.60. The molecular formula is C9H15N. The van der Waals surface area contributed by atoms with E-state index in [0.717, 1.165) is 12.8 Å². The van der Waals surface area contributed by atoms with Crippen molar-refractivity contribution in [3.05, 3.63) is 11.4 Å². The molecule has 1 rings (SSSR count). The van der Waals surface area contributed by atoms with Gasteiger partial charge in [-0.2, -0.15) is 0 Å². The Morgan fingerprint density at radius 1 is 1.70 bits per heavy atom. The third-order valence-electron chi connectivity index (χ3n) is 2.40. The van der Waals surface area contributed by atoms with Gasteiger partial charge in [0.1, 0.15) is 0 Å². The summed E-state index contributed by atoms with van der Waals surface area (Å²) in [5, 5.41) is 0. The Kier molecular flexibility index (Phi) is 1.72. The molecule has 0 heterocycles. The lowest BCUT2D eigenvalue weighted by Gasteiger charge is -2.05. The lowest BCUT2D eigenvalue weighted by molar-refractivity contribution is 0.507. The SMILES string of the molecule is [C-]#[N+]C1(CC(C)C)CC1C. The molecule has 1 aliphatic carbocycles. The highest BCUT2D eigenvalue weighted by atomic mass is 14.9. The fraction of sp³-hybridized carbons (Fsp3) is 0.889. The summed E-state index contributed by atoms with van der Waals surface area (Å²) >= 11 is 0. The van der Waals surface area contributed by atoms with Crippen LogP contribution in [0.25, 0.3) is 4.85 Å². The molecule has 10 heavy (non-hydrogen) atoms. The van der Waals surface area contributed by atoms with Crippen LogP contribution in [0.3, 0.4) is 0 Å². The second kappa shape index (κ2) is 2.27. The van der Waals surface area contributed by atoms with E-state index >= 15 is 0 Å². The molecule has 0 bridgehead atoms. The van der Waals surface area contributed by atoms with Crippen LogP contribution >= 0.6 is 0 Å². The van der Waals surface area contributed by atoms with Crippen LogP contribution in [-0.2, 0) is 0 Å². The molecule has 0 aromatic carbocycles. The largest absolute Gasteiger partial charge is 0.310 e. The van der Waals surface area contributed by atoms with E-state index in [4.69, 9.17) is 6.57 Å². The van der Waals surface area contributed by atoms with Crippen LogP contribution in [0.4, 0.5) is 0 Å². The van der Waals surface area contributed by atoms with Gasteiger partial charge in [-0.15, -0.1) is 0 Å². The number of hydrogen-bond acceptors (Lipinski definition) is 0. The van der Waals surface area contributed by atoms with Gasteiger partial charge < -0.3 is 4.85 Å². The fourth-order valence-corrected chi connectivity index (χ4v) is 1.66. The van der Waals surface area contributed by atoms with Gasteiger partial charge in [0.15, 0.2) is 0 Å².